The number of rotatable bonds is 3. The van der Waals surface area contributed by atoms with Gasteiger partial charge in [0.2, 0.25) is 0 Å². The lowest BCUT2D eigenvalue weighted by atomic mass is 10.2. The van der Waals surface area contributed by atoms with Crippen molar-refractivity contribution < 1.29 is 18.0 Å². The van der Waals surface area contributed by atoms with Gasteiger partial charge in [-0.05, 0) is 62.0 Å². The summed E-state index contributed by atoms with van der Waals surface area (Å²) in [6.45, 7) is 1.69. The molecule has 1 amide bonds. The Morgan fingerprint density at radius 2 is 1.96 bits per heavy atom. The summed E-state index contributed by atoms with van der Waals surface area (Å²) in [4.78, 5) is 12.6. The summed E-state index contributed by atoms with van der Waals surface area (Å²) in [6.07, 6.45) is -2.82. The fourth-order valence-electron chi connectivity index (χ4n) is 3.19. The molecule has 1 aliphatic rings. The van der Waals surface area contributed by atoms with Gasteiger partial charge in [0.05, 0.1) is 11.4 Å². The van der Waals surface area contributed by atoms with E-state index in [2.05, 4.69) is 20.0 Å². The average molecular weight is 393 g/mol. The number of aryl methyl sites for hydroxylation is 1. The van der Waals surface area contributed by atoms with Crippen molar-refractivity contribution in [3.05, 3.63) is 51.8 Å². The van der Waals surface area contributed by atoms with Crippen LogP contribution in [0.25, 0.3) is 5.69 Å². The molecule has 2 heterocycles. The second-order valence-electron chi connectivity index (χ2n) is 6.23. The van der Waals surface area contributed by atoms with Crippen molar-refractivity contribution in [1.82, 2.24) is 19.4 Å². The van der Waals surface area contributed by atoms with Crippen LogP contribution in [-0.2, 0) is 19.0 Å². The highest BCUT2D eigenvalue weighted by Gasteiger charge is 2.40. The van der Waals surface area contributed by atoms with E-state index in [0.29, 0.717) is 46.9 Å². The van der Waals surface area contributed by atoms with Gasteiger partial charge in [-0.15, -0.1) is 5.10 Å². The molecular weight excluding hydrogens is 379 g/mol. The van der Waals surface area contributed by atoms with E-state index in [-0.39, 0.29) is 11.5 Å². The monoisotopic (exact) mass is 393 g/mol. The normalized spacial score (nSPS) is 13.6. The van der Waals surface area contributed by atoms with Gasteiger partial charge >= 0.3 is 6.18 Å². The van der Waals surface area contributed by atoms with Crippen LogP contribution in [0.4, 0.5) is 18.9 Å². The van der Waals surface area contributed by atoms with Crippen molar-refractivity contribution in [2.24, 2.45) is 0 Å². The van der Waals surface area contributed by atoms with Gasteiger partial charge in [0.25, 0.3) is 5.91 Å². The summed E-state index contributed by atoms with van der Waals surface area (Å²) in [7, 11) is 0. The zero-order valence-corrected chi connectivity index (χ0v) is 15.0. The Hall–Kier alpha value is -2.75. The molecule has 0 saturated carbocycles. The highest BCUT2D eigenvalue weighted by Crippen LogP contribution is 2.37. The minimum Gasteiger partial charge on any atom is -0.321 e. The Morgan fingerprint density at radius 1 is 1.22 bits per heavy atom. The molecule has 0 atom stereocenters. The Labute approximate surface area is 156 Å². The number of hydrogen-bond acceptors (Lipinski definition) is 5. The van der Waals surface area contributed by atoms with E-state index in [0.717, 1.165) is 11.5 Å². The van der Waals surface area contributed by atoms with Crippen LogP contribution in [0.3, 0.4) is 0 Å². The Bertz CT molecular complexity index is 1010. The highest BCUT2D eigenvalue weighted by molar-refractivity contribution is 7.08. The smallest absolute Gasteiger partial charge is 0.321 e. The Balaban J connectivity index is 1.60. The molecule has 27 heavy (non-hydrogen) atoms. The third-order valence-corrected chi connectivity index (χ3v) is 5.25. The predicted octanol–water partition coefficient (Wildman–Crippen LogP) is 3.79. The quantitative estimate of drug-likeness (QED) is 0.735. The molecule has 1 N–H and O–H groups in total. The maximum absolute atomic E-state index is 13.2. The zero-order chi connectivity index (χ0) is 19.2. The summed E-state index contributed by atoms with van der Waals surface area (Å²) >= 11 is 1.00. The SMILES string of the molecule is Cc1nnsc1C(=O)Nc1ccc(-n2nc(C(F)(F)F)c3c2CCC3)cc1. The summed E-state index contributed by atoms with van der Waals surface area (Å²) in [5.74, 6) is -0.324. The van der Waals surface area contributed by atoms with Gasteiger partial charge in [-0.2, -0.15) is 18.3 Å². The number of nitrogens with one attached hydrogen (secondary N) is 1. The molecule has 6 nitrogen and oxygen atoms in total. The lowest BCUT2D eigenvalue weighted by Crippen LogP contribution is -2.12. The molecule has 0 fully saturated rings. The van der Waals surface area contributed by atoms with Crippen molar-refractivity contribution in [1.29, 1.82) is 0 Å². The molecule has 0 radical (unpaired) electrons. The minimum atomic E-state index is -4.46. The topological polar surface area (TPSA) is 72.7 Å². The molecule has 0 unspecified atom stereocenters. The van der Waals surface area contributed by atoms with Crippen LogP contribution >= 0.6 is 11.5 Å². The number of hydrogen-bond donors (Lipinski definition) is 1. The van der Waals surface area contributed by atoms with Gasteiger partial charge in [-0.3, -0.25) is 4.79 Å². The predicted molar refractivity (Wildman–Crippen MR) is 93.2 cm³/mol. The Morgan fingerprint density at radius 3 is 2.59 bits per heavy atom. The Kier molecular flexibility index (Phi) is 4.22. The summed E-state index contributed by atoms with van der Waals surface area (Å²) in [5.41, 5.74) is 1.67. The van der Waals surface area contributed by atoms with Gasteiger partial charge < -0.3 is 5.32 Å². The first-order valence-electron chi connectivity index (χ1n) is 8.23. The molecule has 4 rings (SSSR count). The van der Waals surface area contributed by atoms with Crippen LogP contribution in [0, 0.1) is 6.92 Å². The van der Waals surface area contributed by atoms with Gasteiger partial charge in [0.15, 0.2) is 5.69 Å². The number of halogens is 3. The van der Waals surface area contributed by atoms with E-state index < -0.39 is 11.9 Å². The highest BCUT2D eigenvalue weighted by atomic mass is 32.1. The molecule has 140 valence electrons. The second-order valence-corrected chi connectivity index (χ2v) is 6.98. The largest absolute Gasteiger partial charge is 0.435 e. The molecule has 0 saturated heterocycles. The van der Waals surface area contributed by atoms with E-state index in [1.165, 1.54) is 4.68 Å². The number of benzene rings is 1. The maximum Gasteiger partial charge on any atom is 0.435 e. The van der Waals surface area contributed by atoms with Gasteiger partial charge in [0, 0.05) is 16.9 Å². The molecule has 0 bridgehead atoms. The van der Waals surface area contributed by atoms with Crippen LogP contribution in [0.2, 0.25) is 0 Å². The fraction of sp³-hybridized carbons (Fsp3) is 0.294. The van der Waals surface area contributed by atoms with Gasteiger partial charge in [-0.25, -0.2) is 4.68 Å². The second kappa shape index (κ2) is 6.45. The number of fused-ring (bicyclic) bond motifs is 1. The minimum absolute atomic E-state index is 0.285. The molecule has 3 aromatic rings. The summed E-state index contributed by atoms with van der Waals surface area (Å²) in [6, 6.07) is 6.54. The molecular formula is C17H14F3N5OS. The maximum atomic E-state index is 13.2. The third kappa shape index (κ3) is 3.20. The van der Waals surface area contributed by atoms with Gasteiger partial charge in [-0.1, -0.05) is 4.49 Å². The number of nitrogens with zero attached hydrogens (tertiary/aromatic N) is 4. The molecule has 0 spiro atoms. The average Bonchev–Trinajstić information content (AvgIpc) is 3.30. The molecule has 2 aromatic heterocycles. The molecule has 10 heteroatoms. The molecule has 1 aliphatic carbocycles. The zero-order valence-electron chi connectivity index (χ0n) is 14.2. The first-order valence-corrected chi connectivity index (χ1v) is 9.00. The van der Waals surface area contributed by atoms with Crippen molar-refractivity contribution in [3.8, 4) is 5.69 Å². The molecule has 1 aromatic carbocycles. The van der Waals surface area contributed by atoms with Crippen LogP contribution < -0.4 is 5.32 Å². The van der Waals surface area contributed by atoms with E-state index in [9.17, 15) is 18.0 Å². The van der Waals surface area contributed by atoms with Crippen LogP contribution in [0.5, 0.6) is 0 Å². The lowest BCUT2D eigenvalue weighted by molar-refractivity contribution is -0.141. The van der Waals surface area contributed by atoms with E-state index in [1.807, 2.05) is 0 Å². The summed E-state index contributed by atoms with van der Waals surface area (Å²) < 4.78 is 44.7. The van der Waals surface area contributed by atoms with Crippen molar-refractivity contribution in [2.45, 2.75) is 32.4 Å². The first-order chi connectivity index (χ1) is 12.8. The van der Waals surface area contributed by atoms with Crippen LogP contribution in [-0.4, -0.2) is 25.3 Å². The number of alkyl halides is 3. The number of anilines is 1. The number of amides is 1. The van der Waals surface area contributed by atoms with E-state index in [1.54, 1.807) is 31.2 Å². The van der Waals surface area contributed by atoms with Crippen molar-refractivity contribution in [2.75, 3.05) is 5.32 Å². The fourth-order valence-corrected chi connectivity index (χ4v) is 3.74. The lowest BCUT2D eigenvalue weighted by Gasteiger charge is -2.08. The molecule has 0 aliphatic heterocycles. The van der Waals surface area contributed by atoms with Gasteiger partial charge in [0.1, 0.15) is 4.88 Å². The van der Waals surface area contributed by atoms with Crippen molar-refractivity contribution in [3.63, 3.8) is 0 Å². The first kappa shape index (κ1) is 17.7. The third-order valence-electron chi connectivity index (χ3n) is 4.43. The standard InChI is InChI=1S/C17H14F3N5OS/c1-9-14(27-24-22-9)16(26)21-10-5-7-11(8-6-10)25-13-4-2-3-12(13)15(23-25)17(18,19)20/h5-8H,2-4H2,1H3,(H,21,26). The number of carbonyl (C=O) groups is 1. The van der Waals surface area contributed by atoms with Crippen molar-refractivity contribution >= 4 is 23.1 Å². The number of carbonyl (C=O) groups excluding carboxylic acids is 1. The van der Waals surface area contributed by atoms with E-state index >= 15 is 0 Å². The van der Waals surface area contributed by atoms with Crippen LogP contribution in [0.1, 0.15) is 38.7 Å². The van der Waals surface area contributed by atoms with E-state index in [4.69, 9.17) is 0 Å². The number of aromatic nitrogens is 4. The summed E-state index contributed by atoms with van der Waals surface area (Å²) in [5, 5.41) is 10.3. The van der Waals surface area contributed by atoms with Crippen LogP contribution in [0.15, 0.2) is 24.3 Å².